The molecule has 2 saturated heterocycles. The molecule has 1 aromatic carbocycles. The molecular formula is C18H21N3O5. The summed E-state index contributed by atoms with van der Waals surface area (Å²) in [7, 11) is 0. The fourth-order valence-electron chi connectivity index (χ4n) is 3.79. The van der Waals surface area contributed by atoms with Gasteiger partial charge in [0.2, 0.25) is 5.91 Å². The molecule has 3 heterocycles. The minimum atomic E-state index is -0.610. The number of benzene rings is 1. The number of nitrogens with one attached hydrogen (secondary N) is 1. The molecule has 2 aliphatic rings. The predicted octanol–water partition coefficient (Wildman–Crippen LogP) is 1.39. The van der Waals surface area contributed by atoms with E-state index < -0.39 is 17.5 Å². The van der Waals surface area contributed by atoms with Crippen LogP contribution >= 0.6 is 0 Å². The van der Waals surface area contributed by atoms with Crippen molar-refractivity contribution in [2.45, 2.75) is 38.3 Å². The largest absolute Gasteiger partial charge is 0.439 e. The highest BCUT2D eigenvalue weighted by Crippen LogP contribution is 2.28. The molecule has 1 spiro atoms. The molecule has 0 radical (unpaired) electrons. The molecule has 2 amide bonds. The van der Waals surface area contributed by atoms with Gasteiger partial charge in [-0.2, -0.15) is 0 Å². The first-order valence-corrected chi connectivity index (χ1v) is 8.80. The molecular weight excluding hydrogens is 338 g/mol. The first kappa shape index (κ1) is 16.7. The molecule has 1 N–H and O–H groups in total. The number of ether oxygens (including phenoxy) is 1. The van der Waals surface area contributed by atoms with Gasteiger partial charge in [0.25, 0.3) is 0 Å². The van der Waals surface area contributed by atoms with Gasteiger partial charge in [-0.15, -0.1) is 0 Å². The Hall–Kier alpha value is -2.77. The van der Waals surface area contributed by atoms with E-state index in [4.69, 9.17) is 9.15 Å². The maximum atomic E-state index is 12.6. The number of likely N-dealkylation sites (tertiary alicyclic amines) is 1. The Kier molecular flexibility index (Phi) is 3.97. The van der Waals surface area contributed by atoms with Crippen molar-refractivity contribution in [1.82, 2.24) is 14.8 Å². The number of carbonyl (C=O) groups excluding carboxylic acids is 2. The molecule has 0 aliphatic carbocycles. The third-order valence-electron chi connectivity index (χ3n) is 5.13. The second kappa shape index (κ2) is 6.19. The van der Waals surface area contributed by atoms with Gasteiger partial charge in [0.1, 0.15) is 5.60 Å². The molecule has 1 atom stereocenters. The second-order valence-electron chi connectivity index (χ2n) is 7.09. The van der Waals surface area contributed by atoms with Gasteiger partial charge in [0, 0.05) is 19.5 Å². The molecule has 8 heteroatoms. The van der Waals surface area contributed by atoms with E-state index in [2.05, 4.69) is 5.32 Å². The van der Waals surface area contributed by atoms with E-state index in [9.17, 15) is 14.4 Å². The van der Waals surface area contributed by atoms with E-state index in [1.54, 1.807) is 11.0 Å². The molecule has 4 rings (SSSR count). The van der Waals surface area contributed by atoms with Crippen LogP contribution in [0, 0.1) is 6.92 Å². The average molecular weight is 359 g/mol. The van der Waals surface area contributed by atoms with E-state index in [0.29, 0.717) is 30.7 Å². The number of aryl methyl sites for hydroxylation is 2. The van der Waals surface area contributed by atoms with Crippen LogP contribution in [0.4, 0.5) is 4.79 Å². The summed E-state index contributed by atoms with van der Waals surface area (Å²) in [5.74, 6) is -0.511. The number of rotatable bonds is 3. The van der Waals surface area contributed by atoms with Gasteiger partial charge in [-0.25, -0.2) is 9.59 Å². The van der Waals surface area contributed by atoms with Crippen molar-refractivity contribution in [1.29, 1.82) is 0 Å². The number of aromatic nitrogens is 1. The number of piperidine rings is 1. The van der Waals surface area contributed by atoms with Crippen LogP contribution in [0.25, 0.3) is 11.1 Å². The van der Waals surface area contributed by atoms with Crippen molar-refractivity contribution in [2.24, 2.45) is 0 Å². The molecule has 26 heavy (non-hydrogen) atoms. The third-order valence-corrected chi connectivity index (χ3v) is 5.13. The standard InChI is InChI=1S/C18H21N3O5/c1-12-3-4-14-13(9-12)21(17(24)25-14)8-5-15(22)20-7-2-6-18(11-20)10-19-16(23)26-18/h3-4,9H,2,5-8,10-11H2,1H3,(H,19,23)/t18-/m1/s1. The fraction of sp³-hybridized carbons (Fsp3) is 0.500. The van der Waals surface area contributed by atoms with Gasteiger partial charge in [-0.05, 0) is 37.5 Å². The molecule has 0 saturated carbocycles. The Balaban J connectivity index is 1.46. The Morgan fingerprint density at radius 2 is 2.19 bits per heavy atom. The number of fused-ring (bicyclic) bond motifs is 1. The van der Waals surface area contributed by atoms with Crippen LogP contribution in [0.5, 0.6) is 0 Å². The van der Waals surface area contributed by atoms with Crippen LogP contribution in [-0.4, -0.2) is 46.7 Å². The lowest BCUT2D eigenvalue weighted by atomic mass is 9.93. The van der Waals surface area contributed by atoms with E-state index >= 15 is 0 Å². The minimum absolute atomic E-state index is 0.0547. The number of alkyl carbamates (subject to hydrolysis) is 1. The smallest absolute Gasteiger partial charge is 0.419 e. The first-order valence-electron chi connectivity index (χ1n) is 8.80. The van der Waals surface area contributed by atoms with Crippen LogP contribution in [0.3, 0.4) is 0 Å². The van der Waals surface area contributed by atoms with Crippen LogP contribution in [0.1, 0.15) is 24.8 Å². The molecule has 2 aliphatic heterocycles. The summed E-state index contributed by atoms with van der Waals surface area (Å²) in [6.07, 6.45) is 1.31. The van der Waals surface area contributed by atoms with Crippen molar-refractivity contribution >= 4 is 23.1 Å². The predicted molar refractivity (Wildman–Crippen MR) is 92.9 cm³/mol. The summed E-state index contributed by atoms with van der Waals surface area (Å²) in [5, 5.41) is 2.67. The second-order valence-corrected chi connectivity index (χ2v) is 7.09. The SMILES string of the molecule is Cc1ccc2oc(=O)n(CCC(=O)N3CCC[C@@]4(CNC(=O)O4)C3)c2c1. The Morgan fingerprint density at radius 3 is 2.96 bits per heavy atom. The van der Waals surface area contributed by atoms with Crippen LogP contribution in [-0.2, 0) is 16.1 Å². The maximum absolute atomic E-state index is 12.6. The normalized spacial score (nSPS) is 22.7. The number of carbonyl (C=O) groups is 2. The molecule has 2 fully saturated rings. The highest BCUT2D eigenvalue weighted by Gasteiger charge is 2.44. The molecule has 2 aromatic rings. The molecule has 0 bridgehead atoms. The first-order chi connectivity index (χ1) is 12.5. The van der Waals surface area contributed by atoms with Gasteiger partial charge in [-0.1, -0.05) is 6.07 Å². The summed E-state index contributed by atoms with van der Waals surface area (Å²) >= 11 is 0. The third kappa shape index (κ3) is 2.95. The number of oxazole rings is 1. The van der Waals surface area contributed by atoms with Crippen molar-refractivity contribution < 1.29 is 18.7 Å². The minimum Gasteiger partial charge on any atom is -0.439 e. The van der Waals surface area contributed by atoms with E-state index in [1.807, 2.05) is 19.1 Å². The number of hydrogen-bond donors (Lipinski definition) is 1. The van der Waals surface area contributed by atoms with Gasteiger partial charge in [0.15, 0.2) is 5.58 Å². The van der Waals surface area contributed by atoms with Crippen LogP contribution in [0.15, 0.2) is 27.4 Å². The van der Waals surface area contributed by atoms with Crippen molar-refractivity contribution in [2.75, 3.05) is 19.6 Å². The molecule has 8 nitrogen and oxygen atoms in total. The summed E-state index contributed by atoms with van der Waals surface area (Å²) in [6, 6.07) is 5.52. The van der Waals surface area contributed by atoms with E-state index in [1.165, 1.54) is 4.57 Å². The summed E-state index contributed by atoms with van der Waals surface area (Å²) in [6.45, 7) is 3.66. The summed E-state index contributed by atoms with van der Waals surface area (Å²) in [4.78, 5) is 37.8. The number of hydrogen-bond acceptors (Lipinski definition) is 5. The summed E-state index contributed by atoms with van der Waals surface area (Å²) in [5.41, 5.74) is 1.63. The number of nitrogens with zero attached hydrogens (tertiary/aromatic N) is 2. The van der Waals surface area contributed by atoms with E-state index in [-0.39, 0.29) is 18.9 Å². The summed E-state index contributed by atoms with van der Waals surface area (Å²) < 4.78 is 12.1. The molecule has 1 aromatic heterocycles. The van der Waals surface area contributed by atoms with Crippen LogP contribution < -0.4 is 11.1 Å². The Labute approximate surface area is 149 Å². The van der Waals surface area contributed by atoms with Crippen LogP contribution in [0.2, 0.25) is 0 Å². The number of amides is 2. The zero-order valence-corrected chi connectivity index (χ0v) is 14.6. The van der Waals surface area contributed by atoms with Crippen molar-refractivity contribution in [3.8, 4) is 0 Å². The average Bonchev–Trinajstić information content (AvgIpc) is 3.12. The van der Waals surface area contributed by atoms with Crippen molar-refractivity contribution in [3.63, 3.8) is 0 Å². The van der Waals surface area contributed by atoms with Gasteiger partial charge < -0.3 is 19.4 Å². The van der Waals surface area contributed by atoms with E-state index in [0.717, 1.165) is 18.4 Å². The lowest BCUT2D eigenvalue weighted by Gasteiger charge is -2.38. The Morgan fingerprint density at radius 1 is 1.35 bits per heavy atom. The van der Waals surface area contributed by atoms with Gasteiger partial charge in [-0.3, -0.25) is 9.36 Å². The quantitative estimate of drug-likeness (QED) is 0.894. The monoisotopic (exact) mass is 359 g/mol. The lowest BCUT2D eigenvalue weighted by Crippen LogP contribution is -2.52. The highest BCUT2D eigenvalue weighted by atomic mass is 16.6. The Bertz CT molecular complexity index is 931. The highest BCUT2D eigenvalue weighted by molar-refractivity contribution is 5.78. The zero-order valence-electron chi connectivity index (χ0n) is 14.6. The molecule has 138 valence electrons. The lowest BCUT2D eigenvalue weighted by molar-refractivity contribution is -0.137. The van der Waals surface area contributed by atoms with Gasteiger partial charge >= 0.3 is 11.8 Å². The zero-order chi connectivity index (χ0) is 18.3. The topological polar surface area (TPSA) is 93.8 Å². The maximum Gasteiger partial charge on any atom is 0.419 e. The van der Waals surface area contributed by atoms with Crippen molar-refractivity contribution in [3.05, 3.63) is 34.3 Å². The van der Waals surface area contributed by atoms with Gasteiger partial charge in [0.05, 0.1) is 18.6 Å². The fourth-order valence-corrected chi connectivity index (χ4v) is 3.79. The molecule has 0 unspecified atom stereocenters.